The van der Waals surface area contributed by atoms with Gasteiger partial charge >= 0.3 is 0 Å². The molecule has 2 atom stereocenters. The molecule has 2 unspecified atom stereocenters. The van der Waals surface area contributed by atoms with Crippen LogP contribution in [0.5, 0.6) is 5.75 Å². The minimum atomic E-state index is -0.496. The van der Waals surface area contributed by atoms with Crippen LogP contribution in [0.25, 0.3) is 0 Å². The van der Waals surface area contributed by atoms with Crippen LogP contribution in [0.2, 0.25) is 0 Å². The SMILES string of the molecule is COc1cccc(NC(=O)C2CC2C(=O)Nc2ccccc2F)c1. The summed E-state index contributed by atoms with van der Waals surface area (Å²) in [5.74, 6) is -1.26. The zero-order valence-corrected chi connectivity index (χ0v) is 13.1. The lowest BCUT2D eigenvalue weighted by Crippen LogP contribution is -2.21. The zero-order valence-electron chi connectivity index (χ0n) is 13.1. The van der Waals surface area contributed by atoms with Crippen molar-refractivity contribution in [3.05, 3.63) is 54.3 Å². The molecule has 24 heavy (non-hydrogen) atoms. The van der Waals surface area contributed by atoms with Crippen LogP contribution in [0.15, 0.2) is 48.5 Å². The number of anilines is 2. The van der Waals surface area contributed by atoms with E-state index in [2.05, 4.69) is 10.6 Å². The van der Waals surface area contributed by atoms with Crippen molar-refractivity contribution in [3.8, 4) is 5.75 Å². The molecule has 2 aromatic carbocycles. The monoisotopic (exact) mass is 328 g/mol. The maximum absolute atomic E-state index is 13.5. The Morgan fingerprint density at radius 2 is 1.75 bits per heavy atom. The van der Waals surface area contributed by atoms with Crippen LogP contribution in [0, 0.1) is 17.7 Å². The van der Waals surface area contributed by atoms with Crippen molar-refractivity contribution in [1.29, 1.82) is 0 Å². The summed E-state index contributed by atoms with van der Waals surface area (Å²) in [6.07, 6.45) is 0.454. The normalized spacial score (nSPS) is 18.6. The Morgan fingerprint density at radius 3 is 2.46 bits per heavy atom. The van der Waals surface area contributed by atoms with Crippen molar-refractivity contribution >= 4 is 23.2 Å². The summed E-state index contributed by atoms with van der Waals surface area (Å²) in [4.78, 5) is 24.3. The fourth-order valence-electron chi connectivity index (χ4n) is 2.50. The number of ether oxygens (including phenoxy) is 1. The van der Waals surface area contributed by atoms with E-state index in [1.807, 2.05) is 0 Å². The number of hydrogen-bond acceptors (Lipinski definition) is 3. The highest BCUT2D eigenvalue weighted by atomic mass is 19.1. The van der Waals surface area contributed by atoms with Gasteiger partial charge in [-0.3, -0.25) is 9.59 Å². The van der Waals surface area contributed by atoms with E-state index in [1.165, 1.54) is 12.1 Å². The quantitative estimate of drug-likeness (QED) is 0.886. The number of benzene rings is 2. The van der Waals surface area contributed by atoms with E-state index in [-0.39, 0.29) is 17.5 Å². The minimum absolute atomic E-state index is 0.126. The first kappa shape index (κ1) is 16.0. The Morgan fingerprint density at radius 1 is 1.04 bits per heavy atom. The highest BCUT2D eigenvalue weighted by molar-refractivity contribution is 6.03. The topological polar surface area (TPSA) is 67.4 Å². The molecule has 0 aromatic heterocycles. The van der Waals surface area contributed by atoms with Gasteiger partial charge in [0.15, 0.2) is 0 Å². The smallest absolute Gasteiger partial charge is 0.228 e. The predicted molar refractivity (Wildman–Crippen MR) is 88.3 cm³/mol. The third-order valence-electron chi connectivity index (χ3n) is 3.93. The molecule has 2 amide bonds. The molecule has 2 N–H and O–H groups in total. The summed E-state index contributed by atoms with van der Waals surface area (Å²) in [7, 11) is 1.55. The highest BCUT2D eigenvalue weighted by Crippen LogP contribution is 2.40. The van der Waals surface area contributed by atoms with E-state index in [9.17, 15) is 14.0 Å². The lowest BCUT2D eigenvalue weighted by Gasteiger charge is -2.08. The van der Waals surface area contributed by atoms with Gasteiger partial charge in [0.25, 0.3) is 0 Å². The molecular formula is C18H17FN2O3. The Bertz CT molecular complexity index is 778. The van der Waals surface area contributed by atoms with Gasteiger partial charge in [0.05, 0.1) is 24.6 Å². The molecule has 0 heterocycles. The fourth-order valence-corrected chi connectivity index (χ4v) is 2.50. The molecule has 1 aliphatic rings. The maximum Gasteiger partial charge on any atom is 0.228 e. The number of nitrogens with one attached hydrogen (secondary N) is 2. The summed E-state index contributed by atoms with van der Waals surface area (Å²) < 4.78 is 18.6. The lowest BCUT2D eigenvalue weighted by atomic mass is 10.2. The average Bonchev–Trinajstić information content (AvgIpc) is 3.38. The summed E-state index contributed by atoms with van der Waals surface area (Å²) in [6.45, 7) is 0. The van der Waals surface area contributed by atoms with Gasteiger partial charge in [-0.1, -0.05) is 18.2 Å². The van der Waals surface area contributed by atoms with Gasteiger partial charge < -0.3 is 15.4 Å². The number of para-hydroxylation sites is 1. The second-order valence-corrected chi connectivity index (χ2v) is 5.64. The summed E-state index contributed by atoms with van der Waals surface area (Å²) >= 11 is 0. The van der Waals surface area contributed by atoms with E-state index >= 15 is 0 Å². The van der Waals surface area contributed by atoms with E-state index in [0.29, 0.717) is 17.9 Å². The first-order valence-corrected chi connectivity index (χ1v) is 7.59. The van der Waals surface area contributed by atoms with Crippen LogP contribution in [-0.2, 0) is 9.59 Å². The third kappa shape index (κ3) is 3.53. The van der Waals surface area contributed by atoms with Crippen molar-refractivity contribution in [2.75, 3.05) is 17.7 Å². The van der Waals surface area contributed by atoms with Gasteiger partial charge in [0.2, 0.25) is 11.8 Å². The van der Waals surface area contributed by atoms with Gasteiger partial charge in [-0.25, -0.2) is 4.39 Å². The largest absolute Gasteiger partial charge is 0.497 e. The molecule has 6 heteroatoms. The molecule has 1 fully saturated rings. The van der Waals surface area contributed by atoms with E-state index < -0.39 is 17.7 Å². The van der Waals surface area contributed by atoms with Crippen LogP contribution in [0.4, 0.5) is 15.8 Å². The summed E-state index contributed by atoms with van der Waals surface area (Å²) in [6, 6.07) is 12.9. The molecule has 124 valence electrons. The number of halogens is 1. The molecule has 2 aromatic rings. The number of carbonyl (C=O) groups excluding carboxylic acids is 2. The van der Waals surface area contributed by atoms with E-state index in [0.717, 1.165) is 0 Å². The zero-order chi connectivity index (χ0) is 17.1. The number of carbonyl (C=O) groups is 2. The van der Waals surface area contributed by atoms with E-state index in [1.54, 1.807) is 43.5 Å². The molecule has 0 bridgehead atoms. The second kappa shape index (κ2) is 6.70. The van der Waals surface area contributed by atoms with Gasteiger partial charge in [-0.2, -0.15) is 0 Å². The van der Waals surface area contributed by atoms with Crippen LogP contribution >= 0.6 is 0 Å². The summed E-state index contributed by atoms with van der Waals surface area (Å²) in [5.41, 5.74) is 0.737. The molecule has 0 aliphatic heterocycles. The predicted octanol–water partition coefficient (Wildman–Crippen LogP) is 3.05. The molecule has 1 saturated carbocycles. The van der Waals surface area contributed by atoms with E-state index in [4.69, 9.17) is 4.74 Å². The molecule has 0 saturated heterocycles. The first-order chi connectivity index (χ1) is 11.6. The highest BCUT2D eigenvalue weighted by Gasteiger charge is 2.48. The third-order valence-corrected chi connectivity index (χ3v) is 3.93. The minimum Gasteiger partial charge on any atom is -0.497 e. The second-order valence-electron chi connectivity index (χ2n) is 5.64. The number of methoxy groups -OCH3 is 1. The van der Waals surface area contributed by atoms with Crippen LogP contribution < -0.4 is 15.4 Å². The van der Waals surface area contributed by atoms with Crippen LogP contribution in [0.3, 0.4) is 0 Å². The number of rotatable bonds is 5. The van der Waals surface area contributed by atoms with Crippen molar-refractivity contribution in [2.24, 2.45) is 11.8 Å². The average molecular weight is 328 g/mol. The Balaban J connectivity index is 1.57. The lowest BCUT2D eigenvalue weighted by molar-refractivity contribution is -0.122. The molecular weight excluding hydrogens is 311 g/mol. The molecule has 1 aliphatic carbocycles. The van der Waals surface area contributed by atoms with Crippen molar-refractivity contribution in [3.63, 3.8) is 0 Å². The fraction of sp³-hybridized carbons (Fsp3) is 0.222. The summed E-state index contributed by atoms with van der Waals surface area (Å²) in [5, 5.41) is 5.29. The Hall–Kier alpha value is -2.89. The van der Waals surface area contributed by atoms with Crippen molar-refractivity contribution in [1.82, 2.24) is 0 Å². The van der Waals surface area contributed by atoms with Crippen LogP contribution in [-0.4, -0.2) is 18.9 Å². The molecule has 3 rings (SSSR count). The first-order valence-electron chi connectivity index (χ1n) is 7.59. The Labute approximate surface area is 138 Å². The van der Waals surface area contributed by atoms with Gasteiger partial charge in [-0.05, 0) is 30.7 Å². The van der Waals surface area contributed by atoms with Crippen LogP contribution in [0.1, 0.15) is 6.42 Å². The molecule has 0 spiro atoms. The van der Waals surface area contributed by atoms with Crippen molar-refractivity contribution < 1.29 is 18.7 Å². The maximum atomic E-state index is 13.5. The number of hydrogen-bond donors (Lipinski definition) is 2. The Kier molecular flexibility index (Phi) is 4.46. The molecule has 0 radical (unpaired) electrons. The standard InChI is InChI=1S/C18H17FN2O3/c1-24-12-6-4-5-11(9-12)20-17(22)13-10-14(13)18(23)21-16-8-3-2-7-15(16)19/h2-9,13-14H,10H2,1H3,(H,20,22)(H,21,23). The van der Waals surface area contributed by atoms with Gasteiger partial charge in [-0.15, -0.1) is 0 Å². The van der Waals surface area contributed by atoms with Gasteiger partial charge in [0.1, 0.15) is 11.6 Å². The van der Waals surface area contributed by atoms with Gasteiger partial charge in [0, 0.05) is 11.8 Å². The molecule has 5 nitrogen and oxygen atoms in total. The number of amides is 2. The van der Waals surface area contributed by atoms with Crippen molar-refractivity contribution in [2.45, 2.75) is 6.42 Å².